The zero-order valence-corrected chi connectivity index (χ0v) is 21.0. The topological polar surface area (TPSA) is 88.9 Å². The van der Waals surface area contributed by atoms with E-state index in [1.54, 1.807) is 30.0 Å². The number of nitrogens with zero attached hydrogens (tertiary/aromatic N) is 3. The molecule has 0 saturated heterocycles. The third kappa shape index (κ3) is 5.94. The Morgan fingerprint density at radius 2 is 1.79 bits per heavy atom. The monoisotopic (exact) mass is 485 g/mol. The van der Waals surface area contributed by atoms with E-state index in [1.165, 1.54) is 0 Å². The lowest BCUT2D eigenvalue weighted by molar-refractivity contribution is 0.0931. The summed E-state index contributed by atoms with van der Waals surface area (Å²) in [6.45, 7) is 8.33. The fraction of sp³-hybridized carbons (Fsp3) is 0.333. The van der Waals surface area contributed by atoms with E-state index in [9.17, 15) is 9.59 Å². The molecule has 2 aromatic carbocycles. The van der Waals surface area contributed by atoms with Crippen LogP contribution in [0.2, 0.25) is 5.02 Å². The van der Waals surface area contributed by atoms with Crippen molar-refractivity contribution in [1.29, 1.82) is 0 Å². The molecule has 33 heavy (non-hydrogen) atoms. The van der Waals surface area contributed by atoms with Crippen molar-refractivity contribution < 1.29 is 9.59 Å². The normalized spacial score (nSPS) is 11.8. The van der Waals surface area contributed by atoms with Crippen LogP contribution in [0.4, 0.5) is 5.69 Å². The molecule has 0 radical (unpaired) electrons. The number of carbonyl (C=O) groups excluding carboxylic acids is 2. The van der Waals surface area contributed by atoms with Crippen LogP contribution in [-0.2, 0) is 6.54 Å². The van der Waals surface area contributed by atoms with Crippen molar-refractivity contribution in [3.63, 3.8) is 0 Å². The highest BCUT2D eigenvalue weighted by Gasteiger charge is 2.22. The molecule has 3 rings (SSSR count). The van der Waals surface area contributed by atoms with Crippen molar-refractivity contribution >= 4 is 40.9 Å². The molecule has 2 N–H and O–H groups in total. The highest BCUT2D eigenvalue weighted by Crippen LogP contribution is 2.24. The summed E-state index contributed by atoms with van der Waals surface area (Å²) >= 11 is 7.95. The minimum Gasteiger partial charge on any atom is -0.349 e. The van der Waals surface area contributed by atoms with Gasteiger partial charge in [0.15, 0.2) is 0 Å². The number of amides is 2. The summed E-state index contributed by atoms with van der Waals surface area (Å²) in [5.74, 6) is 1.71. The molecule has 0 fully saturated rings. The molecular formula is C24H28ClN5O2S. The molecule has 174 valence electrons. The van der Waals surface area contributed by atoms with Crippen molar-refractivity contribution in [2.75, 3.05) is 17.3 Å². The van der Waals surface area contributed by atoms with E-state index in [0.717, 1.165) is 28.5 Å². The van der Waals surface area contributed by atoms with Gasteiger partial charge in [0.25, 0.3) is 11.8 Å². The van der Waals surface area contributed by atoms with Crippen molar-refractivity contribution in [1.82, 2.24) is 20.1 Å². The smallest absolute Gasteiger partial charge is 0.256 e. The average molecular weight is 486 g/mol. The first-order valence-corrected chi connectivity index (χ1v) is 12.3. The van der Waals surface area contributed by atoms with Crippen LogP contribution in [0.25, 0.3) is 0 Å². The quantitative estimate of drug-likeness (QED) is 0.485. The molecule has 3 aromatic rings. The van der Waals surface area contributed by atoms with Crippen LogP contribution in [0.15, 0.2) is 36.4 Å². The van der Waals surface area contributed by atoms with Crippen LogP contribution >= 0.6 is 23.4 Å². The van der Waals surface area contributed by atoms with Crippen LogP contribution in [0.3, 0.4) is 0 Å². The van der Waals surface area contributed by atoms with E-state index < -0.39 is 0 Å². The van der Waals surface area contributed by atoms with E-state index in [1.807, 2.05) is 56.7 Å². The molecule has 0 aliphatic heterocycles. The lowest BCUT2D eigenvalue weighted by Gasteiger charge is -2.16. The standard InChI is InChI=1S/C24H28ClN5O2S/c1-14-11-18(12-30-16(3)28-29-17(30)4)9-10-21(14)27-23(31)19-7-6-8-20(25)22(19)24(32)26-15(2)13-33-5/h6-11,15H,12-13H2,1-5H3,(H,26,32)(H,27,31)/t15-/m0/s1. The van der Waals surface area contributed by atoms with Crippen LogP contribution in [0, 0.1) is 20.8 Å². The summed E-state index contributed by atoms with van der Waals surface area (Å²) in [4.78, 5) is 26.0. The second-order valence-corrected chi connectivity index (χ2v) is 9.29. The van der Waals surface area contributed by atoms with Gasteiger partial charge in [-0.2, -0.15) is 11.8 Å². The third-order valence-electron chi connectivity index (χ3n) is 5.28. The molecule has 1 aromatic heterocycles. The van der Waals surface area contributed by atoms with Gasteiger partial charge < -0.3 is 15.2 Å². The maximum Gasteiger partial charge on any atom is 0.256 e. The second-order valence-electron chi connectivity index (χ2n) is 7.98. The van der Waals surface area contributed by atoms with Crippen LogP contribution in [0.1, 0.15) is 50.4 Å². The number of anilines is 1. The summed E-state index contributed by atoms with van der Waals surface area (Å²) in [5, 5.41) is 14.3. The Bertz CT molecular complexity index is 1160. The Morgan fingerprint density at radius 1 is 1.09 bits per heavy atom. The first kappa shape index (κ1) is 24.8. The average Bonchev–Trinajstić information content (AvgIpc) is 3.07. The van der Waals surface area contributed by atoms with Gasteiger partial charge in [-0.15, -0.1) is 10.2 Å². The molecule has 0 unspecified atom stereocenters. The molecule has 0 aliphatic rings. The molecule has 7 nitrogen and oxygen atoms in total. The SMILES string of the molecule is CSC[C@H](C)NC(=O)c1c(Cl)cccc1C(=O)Nc1ccc(Cn2c(C)nnc2C)cc1C. The van der Waals surface area contributed by atoms with Gasteiger partial charge in [-0.3, -0.25) is 9.59 Å². The number of aromatic nitrogens is 3. The number of hydrogen-bond acceptors (Lipinski definition) is 5. The Balaban J connectivity index is 1.80. The van der Waals surface area contributed by atoms with Crippen molar-refractivity contribution in [3.8, 4) is 0 Å². The fourth-order valence-electron chi connectivity index (χ4n) is 3.58. The fourth-order valence-corrected chi connectivity index (χ4v) is 4.43. The number of rotatable bonds is 8. The van der Waals surface area contributed by atoms with Gasteiger partial charge in [0, 0.05) is 17.5 Å². The van der Waals surface area contributed by atoms with Gasteiger partial charge in [-0.1, -0.05) is 29.8 Å². The summed E-state index contributed by atoms with van der Waals surface area (Å²) < 4.78 is 2.03. The maximum atomic E-state index is 13.1. The van der Waals surface area contributed by atoms with Crippen molar-refractivity contribution in [3.05, 3.63) is 75.3 Å². The first-order valence-electron chi connectivity index (χ1n) is 10.6. The summed E-state index contributed by atoms with van der Waals surface area (Å²) in [5.41, 5.74) is 3.06. The van der Waals surface area contributed by atoms with Crippen LogP contribution in [-0.4, -0.2) is 44.6 Å². The van der Waals surface area contributed by atoms with Crippen molar-refractivity contribution in [2.45, 2.75) is 40.3 Å². The number of halogens is 1. The van der Waals surface area contributed by atoms with E-state index in [4.69, 9.17) is 11.6 Å². The number of carbonyl (C=O) groups is 2. The predicted octanol–water partition coefficient (Wildman–Crippen LogP) is 4.64. The van der Waals surface area contributed by atoms with Gasteiger partial charge in [0.1, 0.15) is 11.6 Å². The number of nitrogens with one attached hydrogen (secondary N) is 2. The minimum absolute atomic E-state index is 0.0487. The second kappa shape index (κ2) is 10.9. The van der Waals surface area contributed by atoms with Crippen molar-refractivity contribution in [2.24, 2.45) is 0 Å². The number of hydrogen-bond donors (Lipinski definition) is 2. The largest absolute Gasteiger partial charge is 0.349 e. The lowest BCUT2D eigenvalue weighted by atomic mass is 10.0. The van der Waals surface area contributed by atoms with Gasteiger partial charge >= 0.3 is 0 Å². The maximum absolute atomic E-state index is 13.1. The van der Waals surface area contributed by atoms with Crippen LogP contribution in [0.5, 0.6) is 0 Å². The van der Waals surface area contributed by atoms with Gasteiger partial charge in [-0.25, -0.2) is 0 Å². The molecule has 9 heteroatoms. The third-order valence-corrected chi connectivity index (χ3v) is 6.43. The Labute approximate surface area is 203 Å². The Morgan fingerprint density at radius 3 is 2.42 bits per heavy atom. The highest BCUT2D eigenvalue weighted by molar-refractivity contribution is 7.98. The van der Waals surface area contributed by atoms with Gasteiger partial charge in [0.05, 0.1) is 22.7 Å². The van der Waals surface area contributed by atoms with Gasteiger partial charge in [0.2, 0.25) is 0 Å². The zero-order chi connectivity index (χ0) is 24.1. The number of aryl methyl sites for hydroxylation is 3. The zero-order valence-electron chi connectivity index (χ0n) is 19.4. The molecule has 0 aliphatic carbocycles. The van der Waals surface area contributed by atoms with Crippen LogP contribution < -0.4 is 10.6 Å². The summed E-state index contributed by atoms with van der Waals surface area (Å²) in [6, 6.07) is 10.7. The van der Waals surface area contributed by atoms with E-state index in [-0.39, 0.29) is 34.0 Å². The van der Waals surface area contributed by atoms with E-state index in [2.05, 4.69) is 20.8 Å². The molecule has 0 bridgehead atoms. The number of benzene rings is 2. The first-order chi connectivity index (χ1) is 15.7. The van der Waals surface area contributed by atoms with E-state index in [0.29, 0.717) is 12.2 Å². The summed E-state index contributed by atoms with van der Waals surface area (Å²) in [6.07, 6.45) is 1.97. The molecule has 1 heterocycles. The highest BCUT2D eigenvalue weighted by atomic mass is 35.5. The Kier molecular flexibility index (Phi) is 8.15. The Hall–Kier alpha value is -2.84. The molecule has 0 spiro atoms. The molecular weight excluding hydrogens is 458 g/mol. The molecule has 1 atom stereocenters. The van der Waals surface area contributed by atoms with E-state index >= 15 is 0 Å². The molecule has 2 amide bonds. The number of thioether (sulfide) groups is 1. The summed E-state index contributed by atoms with van der Waals surface area (Å²) in [7, 11) is 0. The predicted molar refractivity (Wildman–Crippen MR) is 134 cm³/mol. The minimum atomic E-state index is -0.387. The molecule has 0 saturated carbocycles. The lowest BCUT2D eigenvalue weighted by Crippen LogP contribution is -2.35. The van der Waals surface area contributed by atoms with Gasteiger partial charge in [-0.05, 0) is 63.3 Å².